The molecule has 2 N–H and O–H groups in total. The van der Waals surface area contributed by atoms with Gasteiger partial charge in [0.25, 0.3) is 0 Å². The second-order valence-electron chi connectivity index (χ2n) is 6.24. The lowest BCUT2D eigenvalue weighted by Crippen LogP contribution is -2.32. The molecule has 2 aromatic rings. The SMILES string of the molecule is CCCC1CCC(NCc2cccc3[nH]ccc23)CC1. The predicted molar refractivity (Wildman–Crippen MR) is 85.8 cm³/mol. The van der Waals surface area contributed by atoms with Gasteiger partial charge in [-0.2, -0.15) is 0 Å². The van der Waals surface area contributed by atoms with Gasteiger partial charge in [-0.15, -0.1) is 0 Å². The molecule has 1 heterocycles. The minimum absolute atomic E-state index is 0.720. The molecule has 0 saturated heterocycles. The molecule has 2 heteroatoms. The molecule has 108 valence electrons. The Labute approximate surface area is 122 Å². The van der Waals surface area contributed by atoms with Gasteiger partial charge in [-0.3, -0.25) is 0 Å². The monoisotopic (exact) mass is 270 g/mol. The highest BCUT2D eigenvalue weighted by Crippen LogP contribution is 2.28. The molecule has 0 spiro atoms. The zero-order valence-corrected chi connectivity index (χ0v) is 12.5. The summed E-state index contributed by atoms with van der Waals surface area (Å²) in [4.78, 5) is 3.29. The summed E-state index contributed by atoms with van der Waals surface area (Å²) < 4.78 is 0. The van der Waals surface area contributed by atoms with Gasteiger partial charge in [0.1, 0.15) is 0 Å². The quantitative estimate of drug-likeness (QED) is 0.815. The Morgan fingerprint density at radius 1 is 1.15 bits per heavy atom. The van der Waals surface area contributed by atoms with Gasteiger partial charge in [-0.25, -0.2) is 0 Å². The molecule has 0 aliphatic heterocycles. The van der Waals surface area contributed by atoms with Crippen molar-refractivity contribution in [1.82, 2.24) is 10.3 Å². The van der Waals surface area contributed by atoms with Crippen molar-refractivity contribution < 1.29 is 0 Å². The van der Waals surface area contributed by atoms with Crippen molar-refractivity contribution in [3.63, 3.8) is 0 Å². The minimum atomic E-state index is 0.720. The second-order valence-corrected chi connectivity index (χ2v) is 6.24. The minimum Gasteiger partial charge on any atom is -0.361 e. The molecule has 3 rings (SSSR count). The Kier molecular flexibility index (Phi) is 4.41. The van der Waals surface area contributed by atoms with E-state index in [4.69, 9.17) is 0 Å². The molecule has 0 atom stereocenters. The Bertz CT molecular complexity index is 535. The fourth-order valence-corrected chi connectivity index (χ4v) is 3.62. The highest BCUT2D eigenvalue weighted by molar-refractivity contribution is 5.82. The largest absolute Gasteiger partial charge is 0.361 e. The molecule has 2 nitrogen and oxygen atoms in total. The molecule has 1 aliphatic carbocycles. The zero-order valence-electron chi connectivity index (χ0n) is 12.5. The van der Waals surface area contributed by atoms with Gasteiger partial charge in [-0.05, 0) is 49.3 Å². The first-order valence-corrected chi connectivity index (χ1v) is 8.15. The van der Waals surface area contributed by atoms with Crippen LogP contribution in [0.3, 0.4) is 0 Å². The van der Waals surface area contributed by atoms with Gasteiger partial charge in [-0.1, -0.05) is 31.9 Å². The van der Waals surface area contributed by atoms with Crippen LogP contribution in [0, 0.1) is 5.92 Å². The molecule has 1 fully saturated rings. The highest BCUT2D eigenvalue weighted by atomic mass is 14.9. The fraction of sp³-hybridized carbons (Fsp3) is 0.556. The first kappa shape index (κ1) is 13.7. The second kappa shape index (κ2) is 6.45. The number of nitrogens with one attached hydrogen (secondary N) is 2. The van der Waals surface area contributed by atoms with Gasteiger partial charge in [0, 0.05) is 29.7 Å². The molecule has 20 heavy (non-hydrogen) atoms. The van der Waals surface area contributed by atoms with Crippen LogP contribution in [0.2, 0.25) is 0 Å². The van der Waals surface area contributed by atoms with Crippen molar-refractivity contribution in [2.75, 3.05) is 0 Å². The molecule has 0 bridgehead atoms. The van der Waals surface area contributed by atoms with Crippen LogP contribution in [0.15, 0.2) is 30.5 Å². The van der Waals surface area contributed by atoms with Crippen molar-refractivity contribution in [1.29, 1.82) is 0 Å². The van der Waals surface area contributed by atoms with Gasteiger partial charge in [0.05, 0.1) is 0 Å². The lowest BCUT2D eigenvalue weighted by Gasteiger charge is -2.29. The third-order valence-electron chi connectivity index (χ3n) is 4.81. The van der Waals surface area contributed by atoms with E-state index >= 15 is 0 Å². The summed E-state index contributed by atoms with van der Waals surface area (Å²) in [5.74, 6) is 0.992. The summed E-state index contributed by atoms with van der Waals surface area (Å²) in [6, 6.07) is 9.44. The summed E-state index contributed by atoms with van der Waals surface area (Å²) >= 11 is 0. The lowest BCUT2D eigenvalue weighted by atomic mass is 9.83. The molecule has 1 aromatic carbocycles. The van der Waals surface area contributed by atoms with E-state index in [1.165, 1.54) is 55.0 Å². The Morgan fingerprint density at radius 3 is 2.80 bits per heavy atom. The van der Waals surface area contributed by atoms with E-state index < -0.39 is 0 Å². The fourth-order valence-electron chi connectivity index (χ4n) is 3.62. The maximum Gasteiger partial charge on any atom is 0.0457 e. The van der Waals surface area contributed by atoms with E-state index in [1.54, 1.807) is 0 Å². The Balaban J connectivity index is 1.54. The third kappa shape index (κ3) is 3.06. The lowest BCUT2D eigenvalue weighted by molar-refractivity contribution is 0.278. The number of aromatic amines is 1. The summed E-state index contributed by atoms with van der Waals surface area (Å²) in [5.41, 5.74) is 2.66. The first-order valence-electron chi connectivity index (χ1n) is 8.15. The molecule has 1 aliphatic rings. The number of aromatic nitrogens is 1. The maximum atomic E-state index is 3.77. The Hall–Kier alpha value is -1.28. The highest BCUT2D eigenvalue weighted by Gasteiger charge is 2.20. The predicted octanol–water partition coefficient (Wildman–Crippen LogP) is 4.62. The molecule has 0 radical (unpaired) electrons. The zero-order chi connectivity index (χ0) is 13.8. The number of benzene rings is 1. The van der Waals surface area contributed by atoms with Gasteiger partial charge in [0.15, 0.2) is 0 Å². The first-order chi connectivity index (χ1) is 9.86. The topological polar surface area (TPSA) is 27.8 Å². The van der Waals surface area contributed by atoms with Crippen molar-refractivity contribution in [2.45, 2.75) is 58.0 Å². The van der Waals surface area contributed by atoms with Crippen molar-refractivity contribution in [3.05, 3.63) is 36.0 Å². The van der Waals surface area contributed by atoms with Crippen molar-refractivity contribution in [2.24, 2.45) is 5.92 Å². The van der Waals surface area contributed by atoms with Gasteiger partial charge >= 0.3 is 0 Å². The summed E-state index contributed by atoms with van der Waals surface area (Å²) in [5, 5.41) is 5.13. The average Bonchev–Trinajstić information content (AvgIpc) is 2.96. The third-order valence-corrected chi connectivity index (χ3v) is 4.81. The maximum absolute atomic E-state index is 3.77. The van der Waals surface area contributed by atoms with Crippen LogP contribution in [-0.4, -0.2) is 11.0 Å². The smallest absolute Gasteiger partial charge is 0.0457 e. The number of hydrogen-bond donors (Lipinski definition) is 2. The van der Waals surface area contributed by atoms with E-state index in [1.807, 2.05) is 6.20 Å². The molecule has 0 amide bonds. The van der Waals surface area contributed by atoms with Crippen LogP contribution in [0.5, 0.6) is 0 Å². The standard InChI is InChI=1S/C18H26N2/c1-2-4-14-7-9-16(10-8-14)20-13-15-5-3-6-18-17(15)11-12-19-18/h3,5-6,11-12,14,16,19-20H,2,4,7-10,13H2,1H3. The number of rotatable bonds is 5. The molecular weight excluding hydrogens is 244 g/mol. The van der Waals surface area contributed by atoms with Gasteiger partial charge < -0.3 is 10.3 Å². The van der Waals surface area contributed by atoms with Crippen LogP contribution in [0.1, 0.15) is 51.0 Å². The Morgan fingerprint density at radius 2 is 2.00 bits per heavy atom. The summed E-state index contributed by atoms with van der Waals surface area (Å²) in [6.45, 7) is 3.31. The van der Waals surface area contributed by atoms with Crippen LogP contribution in [0.25, 0.3) is 10.9 Å². The van der Waals surface area contributed by atoms with E-state index in [0.29, 0.717) is 0 Å². The molecule has 1 aromatic heterocycles. The molecule has 1 saturated carbocycles. The summed E-state index contributed by atoms with van der Waals surface area (Å²) in [6.07, 6.45) is 10.3. The average molecular weight is 270 g/mol. The van der Waals surface area contributed by atoms with Crippen LogP contribution in [-0.2, 0) is 6.54 Å². The number of hydrogen-bond acceptors (Lipinski definition) is 1. The van der Waals surface area contributed by atoms with Crippen LogP contribution < -0.4 is 5.32 Å². The van der Waals surface area contributed by atoms with E-state index in [-0.39, 0.29) is 0 Å². The summed E-state index contributed by atoms with van der Waals surface area (Å²) in [7, 11) is 0. The van der Waals surface area contributed by atoms with Crippen molar-refractivity contribution in [3.8, 4) is 0 Å². The van der Waals surface area contributed by atoms with E-state index in [9.17, 15) is 0 Å². The van der Waals surface area contributed by atoms with E-state index in [2.05, 4.69) is 41.5 Å². The van der Waals surface area contributed by atoms with Crippen LogP contribution >= 0.6 is 0 Å². The molecular formula is C18H26N2. The van der Waals surface area contributed by atoms with E-state index in [0.717, 1.165) is 18.5 Å². The molecule has 0 unspecified atom stereocenters. The van der Waals surface area contributed by atoms with Crippen molar-refractivity contribution >= 4 is 10.9 Å². The number of fused-ring (bicyclic) bond motifs is 1. The normalized spacial score (nSPS) is 23.2. The van der Waals surface area contributed by atoms with Crippen LogP contribution in [0.4, 0.5) is 0 Å². The van der Waals surface area contributed by atoms with Gasteiger partial charge in [0.2, 0.25) is 0 Å². The number of H-pyrrole nitrogens is 1.